The van der Waals surface area contributed by atoms with Crippen LogP contribution >= 0.6 is 48.0 Å². The van der Waals surface area contributed by atoms with Gasteiger partial charge in [0.05, 0.1) is 11.2 Å². The van der Waals surface area contributed by atoms with Crippen molar-refractivity contribution in [3.8, 4) is 0 Å². The number of rotatable bonds is 14. The summed E-state index contributed by atoms with van der Waals surface area (Å²) < 4.78 is 0. The lowest BCUT2D eigenvalue weighted by Crippen LogP contribution is -2.48. The number of hydrogen-bond donors (Lipinski definition) is 2. The summed E-state index contributed by atoms with van der Waals surface area (Å²) in [6, 6.07) is 55.5. The molecule has 2 N–H and O–H groups in total. The molecule has 70 heavy (non-hydrogen) atoms. The summed E-state index contributed by atoms with van der Waals surface area (Å²) in [5.41, 5.74) is 2.66. The number of likely N-dealkylation sites (tertiary alicyclic amines) is 2. The Bertz CT molecular complexity index is 2260. The van der Waals surface area contributed by atoms with Crippen LogP contribution in [0.25, 0.3) is 0 Å². The minimum atomic E-state index is -0.837. The van der Waals surface area contributed by atoms with Crippen molar-refractivity contribution in [2.75, 3.05) is 67.5 Å². The lowest BCUT2D eigenvalue weighted by molar-refractivity contribution is -0.134. The molecule has 0 aliphatic carbocycles. The van der Waals surface area contributed by atoms with Crippen molar-refractivity contribution < 1.29 is 19.8 Å². The molecular formula is C58H68Cl4N4O4. The molecule has 0 aromatic heterocycles. The fourth-order valence-corrected chi connectivity index (χ4v) is 10.6. The van der Waals surface area contributed by atoms with Crippen LogP contribution in [-0.2, 0) is 31.6 Å². The van der Waals surface area contributed by atoms with Crippen molar-refractivity contribution in [3.63, 3.8) is 0 Å². The first-order valence-electron chi connectivity index (χ1n) is 23.8. The summed E-state index contributed by atoms with van der Waals surface area (Å²) in [6.07, 6.45) is 3.94. The van der Waals surface area contributed by atoms with Crippen LogP contribution in [0.5, 0.6) is 0 Å². The predicted octanol–water partition coefficient (Wildman–Crippen LogP) is 11.0. The topological polar surface area (TPSA) is 87.6 Å². The van der Waals surface area contributed by atoms with Crippen LogP contribution in [0.4, 0.5) is 0 Å². The fourth-order valence-electron chi connectivity index (χ4n) is 10.3. The first kappa shape index (κ1) is 56.2. The van der Waals surface area contributed by atoms with Gasteiger partial charge in [-0.1, -0.05) is 169 Å². The first-order chi connectivity index (χ1) is 32.7. The molecule has 8 rings (SSSR count). The Labute approximate surface area is 438 Å². The number of halogens is 4. The number of piperidine rings is 2. The molecule has 0 spiro atoms. The van der Waals surface area contributed by atoms with Gasteiger partial charge in [-0.25, -0.2) is 0 Å². The van der Waals surface area contributed by atoms with Gasteiger partial charge in [-0.05, 0) is 109 Å². The van der Waals surface area contributed by atoms with E-state index < -0.39 is 22.0 Å². The number of carbonyl (C=O) groups excluding carboxylic acids is 2. The van der Waals surface area contributed by atoms with Crippen LogP contribution in [0.1, 0.15) is 71.9 Å². The average molecular weight is 1030 g/mol. The van der Waals surface area contributed by atoms with Crippen LogP contribution < -0.4 is 0 Å². The fraction of sp³-hybridized carbons (Fsp3) is 0.345. The van der Waals surface area contributed by atoms with Crippen molar-refractivity contribution in [1.29, 1.82) is 0 Å². The van der Waals surface area contributed by atoms with Gasteiger partial charge in [-0.3, -0.25) is 9.59 Å². The standard InChI is InChI=1S/2C29H33ClN2O2.2ClH/c2*1-31(2)27(33)29(24-9-5-3-6-10-24,25-11-7-4-8-12-25)19-22-32-20-17-28(34,18-21-32)23-13-15-26(30)16-14-23;;/h2*3-16,34H,17-22H2,1-2H3;2*1H. The number of amides is 2. The number of likely N-dealkylation sites (N-methyl/N-ethyl adjacent to an activating group) is 2. The Kier molecular flexibility index (Phi) is 20.1. The third-order valence-electron chi connectivity index (χ3n) is 14.3. The number of carbonyl (C=O) groups is 2. The second kappa shape index (κ2) is 25.1. The zero-order chi connectivity index (χ0) is 48.4. The third-order valence-corrected chi connectivity index (χ3v) is 14.8. The molecule has 2 fully saturated rings. The molecule has 0 atom stereocenters. The maximum atomic E-state index is 13.8. The highest BCUT2D eigenvalue weighted by Gasteiger charge is 2.45. The van der Waals surface area contributed by atoms with E-state index in [2.05, 4.69) is 58.3 Å². The molecule has 372 valence electrons. The van der Waals surface area contributed by atoms with E-state index in [1.807, 2.05) is 150 Å². The third kappa shape index (κ3) is 12.6. The Morgan fingerprint density at radius 1 is 0.457 bits per heavy atom. The van der Waals surface area contributed by atoms with Crippen LogP contribution in [-0.4, -0.2) is 109 Å². The molecule has 2 aliphatic rings. The minimum Gasteiger partial charge on any atom is -0.385 e. The van der Waals surface area contributed by atoms with Gasteiger partial charge in [0.2, 0.25) is 11.8 Å². The molecule has 6 aromatic carbocycles. The van der Waals surface area contributed by atoms with Gasteiger partial charge in [-0.2, -0.15) is 0 Å². The Balaban J connectivity index is 0.000000254. The van der Waals surface area contributed by atoms with Crippen molar-refractivity contribution in [2.45, 2.75) is 60.6 Å². The molecular weight excluding hydrogens is 958 g/mol. The van der Waals surface area contributed by atoms with E-state index in [9.17, 15) is 19.8 Å². The summed E-state index contributed by atoms with van der Waals surface area (Å²) in [7, 11) is 7.32. The van der Waals surface area contributed by atoms with Gasteiger partial charge >= 0.3 is 0 Å². The highest BCUT2D eigenvalue weighted by Crippen LogP contribution is 2.41. The summed E-state index contributed by atoms with van der Waals surface area (Å²) in [5, 5.41) is 23.9. The number of nitrogens with zero attached hydrogens (tertiary/aromatic N) is 4. The predicted molar refractivity (Wildman–Crippen MR) is 290 cm³/mol. The van der Waals surface area contributed by atoms with E-state index in [4.69, 9.17) is 23.2 Å². The van der Waals surface area contributed by atoms with E-state index in [0.29, 0.717) is 48.6 Å². The number of aliphatic hydroxyl groups is 2. The number of hydrogen-bond acceptors (Lipinski definition) is 6. The monoisotopic (exact) mass is 1020 g/mol. The SMILES string of the molecule is CN(C)C(=O)C(CCN1CCC(O)(c2ccc(Cl)cc2)CC1)(c1ccccc1)c1ccccc1.CN(C)C(=O)C(CCN1CCC(O)(c2ccc(Cl)cc2)CC1)(c1ccccc1)c1ccccc1.Cl.Cl. The normalized spacial score (nSPS) is 15.8. The van der Waals surface area contributed by atoms with Crippen molar-refractivity contribution >= 4 is 59.8 Å². The van der Waals surface area contributed by atoms with E-state index >= 15 is 0 Å². The van der Waals surface area contributed by atoms with Gasteiger partial charge in [0.15, 0.2) is 0 Å². The maximum absolute atomic E-state index is 13.8. The Hall–Kier alpha value is -4.74. The summed E-state index contributed by atoms with van der Waals surface area (Å²) in [4.78, 5) is 35.8. The molecule has 6 aromatic rings. The smallest absolute Gasteiger partial charge is 0.237 e. The average Bonchev–Trinajstić information content (AvgIpc) is 3.37. The second-order valence-electron chi connectivity index (χ2n) is 18.9. The van der Waals surface area contributed by atoms with E-state index in [1.165, 1.54) is 0 Å². The van der Waals surface area contributed by atoms with Crippen LogP contribution in [0.15, 0.2) is 170 Å². The minimum absolute atomic E-state index is 0. The molecule has 0 radical (unpaired) electrons. The van der Waals surface area contributed by atoms with Crippen molar-refractivity contribution in [1.82, 2.24) is 19.6 Å². The van der Waals surface area contributed by atoms with Gasteiger partial charge in [0, 0.05) is 64.4 Å². The summed E-state index contributed by atoms with van der Waals surface area (Å²) in [6.45, 7) is 4.62. The Morgan fingerprint density at radius 2 is 0.700 bits per heavy atom. The zero-order valence-electron chi connectivity index (χ0n) is 40.7. The van der Waals surface area contributed by atoms with Gasteiger partial charge in [-0.15, -0.1) is 24.8 Å². The maximum Gasteiger partial charge on any atom is 0.237 e. The lowest BCUT2D eigenvalue weighted by Gasteiger charge is -2.41. The molecule has 8 nitrogen and oxygen atoms in total. The zero-order valence-corrected chi connectivity index (χ0v) is 43.9. The molecule has 2 aliphatic heterocycles. The molecule has 2 amide bonds. The molecule has 0 unspecified atom stereocenters. The van der Waals surface area contributed by atoms with Crippen LogP contribution in [0.3, 0.4) is 0 Å². The van der Waals surface area contributed by atoms with Crippen molar-refractivity contribution in [3.05, 3.63) is 213 Å². The lowest BCUT2D eigenvalue weighted by atomic mass is 9.70. The second-order valence-corrected chi connectivity index (χ2v) is 19.8. The van der Waals surface area contributed by atoms with Crippen LogP contribution in [0.2, 0.25) is 10.0 Å². The molecule has 0 bridgehead atoms. The van der Waals surface area contributed by atoms with E-state index in [1.54, 1.807) is 9.80 Å². The van der Waals surface area contributed by atoms with Gasteiger partial charge in [0.1, 0.15) is 10.8 Å². The van der Waals surface area contributed by atoms with Crippen molar-refractivity contribution in [2.24, 2.45) is 0 Å². The Morgan fingerprint density at radius 3 is 0.929 bits per heavy atom. The first-order valence-corrected chi connectivity index (χ1v) is 24.5. The molecule has 2 heterocycles. The van der Waals surface area contributed by atoms with Gasteiger partial charge < -0.3 is 29.8 Å². The highest BCUT2D eigenvalue weighted by molar-refractivity contribution is 6.30. The molecule has 2 saturated heterocycles. The summed E-state index contributed by atoms with van der Waals surface area (Å²) in [5.74, 6) is 0.166. The van der Waals surface area contributed by atoms with E-state index in [-0.39, 0.29) is 36.6 Å². The highest BCUT2D eigenvalue weighted by atomic mass is 35.5. The van der Waals surface area contributed by atoms with Crippen LogP contribution in [0, 0.1) is 0 Å². The summed E-state index contributed by atoms with van der Waals surface area (Å²) >= 11 is 12.1. The molecule has 0 saturated carbocycles. The quantitative estimate of drug-likeness (QED) is 0.113. The van der Waals surface area contributed by atoms with E-state index in [0.717, 1.165) is 72.6 Å². The molecule has 12 heteroatoms. The largest absolute Gasteiger partial charge is 0.385 e. The number of benzene rings is 6. The van der Waals surface area contributed by atoms with Gasteiger partial charge in [0.25, 0.3) is 0 Å².